The molecule has 20 heavy (non-hydrogen) atoms. The van der Waals surface area contributed by atoms with E-state index >= 15 is 0 Å². The molecule has 0 bridgehead atoms. The van der Waals surface area contributed by atoms with Crippen molar-refractivity contribution in [2.75, 3.05) is 13.1 Å². The third-order valence-corrected chi connectivity index (χ3v) is 3.46. The molecule has 0 aliphatic heterocycles. The molecule has 2 amide bonds. The molecule has 0 unspecified atom stereocenters. The number of hydrogen-bond donors (Lipinski definition) is 2. The molecule has 0 spiro atoms. The van der Waals surface area contributed by atoms with Gasteiger partial charge >= 0.3 is 12.0 Å². The van der Waals surface area contributed by atoms with Crippen molar-refractivity contribution in [1.82, 2.24) is 10.2 Å². The minimum Gasteiger partial charge on any atom is -0.478 e. The molecule has 6 heteroatoms. The van der Waals surface area contributed by atoms with Gasteiger partial charge < -0.3 is 19.7 Å². The van der Waals surface area contributed by atoms with Crippen LogP contribution in [0.15, 0.2) is 10.5 Å². The number of carbonyl (C=O) groups is 2. The number of urea groups is 1. The molecule has 6 nitrogen and oxygen atoms in total. The van der Waals surface area contributed by atoms with E-state index < -0.39 is 5.97 Å². The lowest BCUT2D eigenvalue weighted by Crippen LogP contribution is -2.40. The Morgan fingerprint density at radius 2 is 2.20 bits per heavy atom. The van der Waals surface area contributed by atoms with Crippen LogP contribution in [0.3, 0.4) is 0 Å². The van der Waals surface area contributed by atoms with E-state index in [9.17, 15) is 9.59 Å². The molecule has 1 fully saturated rings. The summed E-state index contributed by atoms with van der Waals surface area (Å²) in [4.78, 5) is 24.7. The lowest BCUT2D eigenvalue weighted by atomic mass is 10.2. The van der Waals surface area contributed by atoms with Crippen molar-refractivity contribution in [3.05, 3.63) is 23.2 Å². The maximum Gasteiger partial charge on any atom is 0.339 e. The Morgan fingerprint density at radius 1 is 1.50 bits per heavy atom. The van der Waals surface area contributed by atoms with Crippen LogP contribution < -0.4 is 5.32 Å². The van der Waals surface area contributed by atoms with Crippen LogP contribution in [0, 0.1) is 12.8 Å². The summed E-state index contributed by atoms with van der Waals surface area (Å²) in [5.41, 5.74) is 0.138. The number of rotatable bonds is 6. The van der Waals surface area contributed by atoms with E-state index in [-0.39, 0.29) is 18.1 Å². The SMILES string of the molecule is CCN(CC1CC1)C(=O)NCc1cc(C(=O)O)c(C)o1. The molecular formula is C14H20N2O4. The molecule has 1 aliphatic carbocycles. The fourth-order valence-electron chi connectivity index (χ4n) is 2.09. The Bertz CT molecular complexity index is 505. The second kappa shape index (κ2) is 5.98. The van der Waals surface area contributed by atoms with Crippen molar-refractivity contribution >= 4 is 12.0 Å². The number of aromatic carboxylic acids is 1. The zero-order valence-corrected chi connectivity index (χ0v) is 11.8. The van der Waals surface area contributed by atoms with Gasteiger partial charge in [-0.1, -0.05) is 0 Å². The van der Waals surface area contributed by atoms with Crippen molar-refractivity contribution in [2.24, 2.45) is 5.92 Å². The van der Waals surface area contributed by atoms with E-state index in [2.05, 4.69) is 5.32 Å². The maximum absolute atomic E-state index is 12.0. The number of carboxylic acid groups (broad SMARTS) is 1. The van der Waals surface area contributed by atoms with Crippen molar-refractivity contribution in [3.63, 3.8) is 0 Å². The topological polar surface area (TPSA) is 82.8 Å². The summed E-state index contributed by atoms with van der Waals surface area (Å²) in [5.74, 6) is 0.431. The van der Waals surface area contributed by atoms with Gasteiger partial charge in [0.25, 0.3) is 0 Å². The number of nitrogens with one attached hydrogen (secondary N) is 1. The first kappa shape index (κ1) is 14.4. The van der Waals surface area contributed by atoms with Crippen molar-refractivity contribution < 1.29 is 19.1 Å². The van der Waals surface area contributed by atoms with Crippen LogP contribution in [-0.4, -0.2) is 35.1 Å². The van der Waals surface area contributed by atoms with Gasteiger partial charge in [0.15, 0.2) is 0 Å². The van der Waals surface area contributed by atoms with Crippen LogP contribution in [0.1, 0.15) is 41.6 Å². The highest BCUT2D eigenvalue weighted by Gasteiger charge is 2.26. The molecule has 1 aromatic rings. The highest BCUT2D eigenvalue weighted by molar-refractivity contribution is 5.88. The summed E-state index contributed by atoms with van der Waals surface area (Å²) in [6, 6.07) is 1.32. The van der Waals surface area contributed by atoms with Crippen LogP contribution in [0.5, 0.6) is 0 Å². The lowest BCUT2D eigenvalue weighted by Gasteiger charge is -2.20. The van der Waals surface area contributed by atoms with Crippen LogP contribution in [-0.2, 0) is 6.54 Å². The highest BCUT2D eigenvalue weighted by Crippen LogP contribution is 2.29. The van der Waals surface area contributed by atoms with Gasteiger partial charge in [0.1, 0.15) is 17.1 Å². The molecule has 1 aliphatic rings. The fraction of sp³-hybridized carbons (Fsp3) is 0.571. The predicted octanol–water partition coefficient (Wildman–Crippen LogP) is 2.23. The molecule has 110 valence electrons. The van der Waals surface area contributed by atoms with Gasteiger partial charge in [-0.05, 0) is 38.7 Å². The van der Waals surface area contributed by atoms with Gasteiger partial charge in [0, 0.05) is 13.1 Å². The van der Waals surface area contributed by atoms with Crippen LogP contribution in [0.4, 0.5) is 4.79 Å². The standard InChI is InChI=1S/C14H20N2O4/c1-3-16(8-10-4-5-10)14(19)15-7-11-6-12(13(17)18)9(2)20-11/h6,10H,3-5,7-8H2,1-2H3,(H,15,19)(H,17,18). The number of furan rings is 1. The van der Waals surface area contributed by atoms with Gasteiger partial charge in [-0.25, -0.2) is 9.59 Å². The molecule has 0 saturated heterocycles. The van der Waals surface area contributed by atoms with Gasteiger partial charge in [-0.3, -0.25) is 0 Å². The second-order valence-corrected chi connectivity index (χ2v) is 5.13. The summed E-state index contributed by atoms with van der Waals surface area (Å²) in [6.07, 6.45) is 2.40. The second-order valence-electron chi connectivity index (χ2n) is 5.13. The number of carbonyl (C=O) groups excluding carboxylic acids is 1. The quantitative estimate of drug-likeness (QED) is 0.837. The summed E-state index contributed by atoms with van der Waals surface area (Å²) in [6.45, 7) is 5.20. The molecule has 0 aromatic carbocycles. The lowest BCUT2D eigenvalue weighted by molar-refractivity contribution is 0.0695. The first-order valence-electron chi connectivity index (χ1n) is 6.86. The number of carboxylic acids is 1. The Balaban J connectivity index is 1.88. The smallest absolute Gasteiger partial charge is 0.339 e. The summed E-state index contributed by atoms with van der Waals surface area (Å²) in [7, 11) is 0. The highest BCUT2D eigenvalue weighted by atomic mass is 16.4. The van der Waals surface area contributed by atoms with E-state index in [1.165, 1.54) is 18.9 Å². The normalized spacial score (nSPS) is 14.1. The largest absolute Gasteiger partial charge is 0.478 e. The molecule has 1 heterocycles. The fourth-order valence-corrected chi connectivity index (χ4v) is 2.09. The number of nitrogens with zero attached hydrogens (tertiary/aromatic N) is 1. The molecule has 1 saturated carbocycles. The van der Waals surface area contributed by atoms with Gasteiger partial charge in [-0.2, -0.15) is 0 Å². The van der Waals surface area contributed by atoms with E-state index in [0.29, 0.717) is 24.0 Å². The zero-order chi connectivity index (χ0) is 14.7. The van der Waals surface area contributed by atoms with Crippen LogP contribution in [0.2, 0.25) is 0 Å². The number of amides is 2. The van der Waals surface area contributed by atoms with Crippen molar-refractivity contribution in [2.45, 2.75) is 33.2 Å². The number of aryl methyl sites for hydroxylation is 1. The first-order chi connectivity index (χ1) is 9.51. The maximum atomic E-state index is 12.0. The van der Waals surface area contributed by atoms with Gasteiger partial charge in [-0.15, -0.1) is 0 Å². The first-order valence-corrected chi connectivity index (χ1v) is 6.86. The van der Waals surface area contributed by atoms with Crippen LogP contribution in [0.25, 0.3) is 0 Å². The Labute approximate surface area is 117 Å². The van der Waals surface area contributed by atoms with Gasteiger partial charge in [0.05, 0.1) is 6.54 Å². The minimum absolute atomic E-state index is 0.134. The summed E-state index contributed by atoms with van der Waals surface area (Å²) >= 11 is 0. The van der Waals surface area contributed by atoms with E-state index in [1.54, 1.807) is 11.8 Å². The van der Waals surface area contributed by atoms with Crippen molar-refractivity contribution in [1.29, 1.82) is 0 Å². The van der Waals surface area contributed by atoms with E-state index in [4.69, 9.17) is 9.52 Å². The zero-order valence-electron chi connectivity index (χ0n) is 11.8. The molecule has 0 atom stereocenters. The van der Waals surface area contributed by atoms with Gasteiger partial charge in [0.2, 0.25) is 0 Å². The minimum atomic E-state index is -1.02. The van der Waals surface area contributed by atoms with Crippen molar-refractivity contribution in [3.8, 4) is 0 Å². The predicted molar refractivity (Wildman–Crippen MR) is 72.6 cm³/mol. The molecule has 2 rings (SSSR count). The third-order valence-electron chi connectivity index (χ3n) is 3.46. The molecule has 0 radical (unpaired) electrons. The average molecular weight is 280 g/mol. The number of hydrogen-bond acceptors (Lipinski definition) is 3. The third kappa shape index (κ3) is 3.53. The summed E-state index contributed by atoms with van der Waals surface area (Å²) < 4.78 is 5.32. The summed E-state index contributed by atoms with van der Waals surface area (Å²) in [5, 5.41) is 11.7. The monoisotopic (exact) mass is 280 g/mol. The molecular weight excluding hydrogens is 260 g/mol. The molecule has 2 N–H and O–H groups in total. The average Bonchev–Trinajstić information content (AvgIpc) is 3.14. The Morgan fingerprint density at radius 3 is 2.70 bits per heavy atom. The van der Waals surface area contributed by atoms with E-state index in [1.807, 2.05) is 6.92 Å². The Kier molecular flexibility index (Phi) is 4.32. The molecule has 1 aromatic heterocycles. The Hall–Kier alpha value is -1.98. The van der Waals surface area contributed by atoms with Crippen LogP contribution >= 0.6 is 0 Å². The van der Waals surface area contributed by atoms with E-state index in [0.717, 1.165) is 6.54 Å².